The van der Waals surface area contributed by atoms with E-state index in [0.717, 1.165) is 26.2 Å². The molecule has 0 saturated carbocycles. The van der Waals surface area contributed by atoms with Gasteiger partial charge in [-0.3, -0.25) is 0 Å². The molecule has 2 N–H and O–H groups in total. The van der Waals surface area contributed by atoms with Crippen molar-refractivity contribution in [1.29, 1.82) is 0 Å². The molecule has 0 bridgehead atoms. The fourth-order valence-electron chi connectivity index (χ4n) is 1.96. The maximum absolute atomic E-state index is 5.68. The summed E-state index contributed by atoms with van der Waals surface area (Å²) in [7, 11) is 3.62. The minimum Gasteiger partial charge on any atom is -0.467 e. The van der Waals surface area contributed by atoms with E-state index in [2.05, 4.69) is 37.5 Å². The van der Waals surface area contributed by atoms with Gasteiger partial charge in [0.2, 0.25) is 11.9 Å². The zero-order valence-corrected chi connectivity index (χ0v) is 12.2. The Balaban J connectivity index is 1.95. The average molecular weight is 282 g/mol. The highest BCUT2D eigenvalue weighted by atomic mass is 16.5. The molecule has 20 heavy (non-hydrogen) atoms. The van der Waals surface area contributed by atoms with Gasteiger partial charge in [0.05, 0.1) is 19.8 Å². The van der Waals surface area contributed by atoms with Gasteiger partial charge in [0, 0.05) is 26.2 Å². The molecule has 1 aromatic heterocycles. The van der Waals surface area contributed by atoms with E-state index in [0.29, 0.717) is 24.5 Å². The monoisotopic (exact) mass is 282 g/mol. The predicted octanol–water partition coefficient (Wildman–Crippen LogP) is 0.0545. The first-order valence-electron chi connectivity index (χ1n) is 6.79. The van der Waals surface area contributed by atoms with Crippen LogP contribution in [0.4, 0.5) is 11.9 Å². The molecule has 1 saturated heterocycles. The van der Waals surface area contributed by atoms with E-state index in [9.17, 15) is 0 Å². The van der Waals surface area contributed by atoms with Crippen molar-refractivity contribution in [2.24, 2.45) is 0 Å². The lowest BCUT2D eigenvalue weighted by molar-refractivity contribution is -0.0118. The van der Waals surface area contributed by atoms with Crippen molar-refractivity contribution < 1.29 is 9.47 Å². The molecule has 1 aliphatic heterocycles. The molecule has 2 rings (SSSR count). The Bertz CT molecular complexity index is 430. The highest BCUT2D eigenvalue weighted by molar-refractivity contribution is 5.35. The second-order valence-corrected chi connectivity index (χ2v) is 4.64. The summed E-state index contributed by atoms with van der Waals surface area (Å²) >= 11 is 0. The van der Waals surface area contributed by atoms with E-state index in [-0.39, 0.29) is 6.10 Å². The Morgan fingerprint density at radius 2 is 2.05 bits per heavy atom. The molecule has 112 valence electrons. The summed E-state index contributed by atoms with van der Waals surface area (Å²) in [5.41, 5.74) is 0. The van der Waals surface area contributed by atoms with Gasteiger partial charge in [0.25, 0.3) is 0 Å². The van der Waals surface area contributed by atoms with Crippen LogP contribution in [0.5, 0.6) is 6.01 Å². The fourth-order valence-corrected chi connectivity index (χ4v) is 1.96. The first kappa shape index (κ1) is 14.7. The number of hydrogen-bond acceptors (Lipinski definition) is 8. The minimum absolute atomic E-state index is 0.138. The maximum atomic E-state index is 5.68. The average Bonchev–Trinajstić information content (AvgIpc) is 2.45. The molecule has 8 heteroatoms. The number of hydrogen-bond donors (Lipinski definition) is 2. The van der Waals surface area contributed by atoms with Gasteiger partial charge in [-0.25, -0.2) is 0 Å². The number of likely N-dealkylation sites (N-methyl/N-ethyl adjacent to an activating group) is 1. The molecular formula is C12H22N6O2. The number of morpholine rings is 1. The zero-order valence-electron chi connectivity index (χ0n) is 12.2. The summed E-state index contributed by atoms with van der Waals surface area (Å²) in [5, 5.41) is 6.22. The van der Waals surface area contributed by atoms with E-state index in [1.807, 2.05) is 6.92 Å². The van der Waals surface area contributed by atoms with E-state index in [4.69, 9.17) is 9.47 Å². The second-order valence-electron chi connectivity index (χ2n) is 4.64. The molecule has 1 aliphatic rings. The van der Waals surface area contributed by atoms with Crippen molar-refractivity contribution in [1.82, 2.24) is 19.9 Å². The van der Waals surface area contributed by atoms with Gasteiger partial charge >= 0.3 is 6.01 Å². The number of nitrogens with one attached hydrogen (secondary N) is 2. The van der Waals surface area contributed by atoms with Gasteiger partial charge in [-0.1, -0.05) is 0 Å². The van der Waals surface area contributed by atoms with Gasteiger partial charge in [0.15, 0.2) is 0 Å². The van der Waals surface area contributed by atoms with E-state index in [1.165, 1.54) is 7.11 Å². The van der Waals surface area contributed by atoms with Crippen LogP contribution in [0, 0.1) is 0 Å². The zero-order chi connectivity index (χ0) is 14.4. The summed E-state index contributed by atoms with van der Waals surface area (Å²) in [6, 6.07) is 0.292. The Hall–Kier alpha value is -1.67. The van der Waals surface area contributed by atoms with Crippen molar-refractivity contribution in [2.75, 3.05) is 57.6 Å². The maximum Gasteiger partial charge on any atom is 0.322 e. The summed E-state index contributed by atoms with van der Waals surface area (Å²) in [5.74, 6) is 0.994. The van der Waals surface area contributed by atoms with Crippen molar-refractivity contribution in [3.8, 4) is 6.01 Å². The van der Waals surface area contributed by atoms with Gasteiger partial charge < -0.3 is 25.0 Å². The highest BCUT2D eigenvalue weighted by Gasteiger charge is 2.18. The van der Waals surface area contributed by atoms with Crippen LogP contribution in [0.25, 0.3) is 0 Å². The lowest BCUT2D eigenvalue weighted by Gasteiger charge is -2.30. The minimum atomic E-state index is 0.138. The van der Waals surface area contributed by atoms with Crippen molar-refractivity contribution in [3.05, 3.63) is 0 Å². The van der Waals surface area contributed by atoms with Crippen LogP contribution < -0.4 is 15.4 Å². The van der Waals surface area contributed by atoms with Gasteiger partial charge in [-0.05, 0) is 14.0 Å². The van der Waals surface area contributed by atoms with Crippen LogP contribution >= 0.6 is 0 Å². The molecule has 1 fully saturated rings. The molecule has 0 radical (unpaired) electrons. The van der Waals surface area contributed by atoms with E-state index < -0.39 is 0 Å². The third-order valence-electron chi connectivity index (χ3n) is 2.96. The third-order valence-corrected chi connectivity index (χ3v) is 2.96. The molecule has 0 amide bonds. The summed E-state index contributed by atoms with van der Waals surface area (Å²) in [6.45, 7) is 6.00. The van der Waals surface area contributed by atoms with Gasteiger partial charge in [0.1, 0.15) is 0 Å². The molecule has 8 nitrogen and oxygen atoms in total. The van der Waals surface area contributed by atoms with Gasteiger partial charge in [-0.15, -0.1) is 0 Å². The number of methoxy groups -OCH3 is 1. The standard InChI is InChI=1S/C12H22N6O2/c1-4-13-10-15-11(17-12(16-10)19-3)14-7-9-8-18(2)5-6-20-9/h9H,4-8H2,1-3H3,(H2,13,14,15,16,17). The first-order chi connectivity index (χ1) is 9.71. The summed E-state index contributed by atoms with van der Waals surface area (Å²) < 4.78 is 10.8. The highest BCUT2D eigenvalue weighted by Crippen LogP contribution is 2.11. The Morgan fingerprint density at radius 1 is 1.30 bits per heavy atom. The van der Waals surface area contributed by atoms with Crippen molar-refractivity contribution in [2.45, 2.75) is 13.0 Å². The number of aromatic nitrogens is 3. The van der Waals surface area contributed by atoms with Crippen LogP contribution in [0.2, 0.25) is 0 Å². The van der Waals surface area contributed by atoms with Crippen LogP contribution in [-0.2, 0) is 4.74 Å². The molecule has 0 spiro atoms. The van der Waals surface area contributed by atoms with Crippen LogP contribution in [0.1, 0.15) is 6.92 Å². The Kier molecular flexibility index (Phi) is 5.31. The van der Waals surface area contributed by atoms with E-state index in [1.54, 1.807) is 0 Å². The largest absolute Gasteiger partial charge is 0.467 e. The SMILES string of the molecule is CCNc1nc(NCC2CN(C)CCO2)nc(OC)n1. The van der Waals surface area contributed by atoms with Crippen molar-refractivity contribution in [3.63, 3.8) is 0 Å². The number of nitrogens with zero attached hydrogens (tertiary/aromatic N) is 4. The fraction of sp³-hybridized carbons (Fsp3) is 0.750. The molecule has 1 aromatic rings. The first-order valence-corrected chi connectivity index (χ1v) is 6.79. The topological polar surface area (TPSA) is 84.4 Å². The number of ether oxygens (including phenoxy) is 2. The predicted molar refractivity (Wildman–Crippen MR) is 76.3 cm³/mol. The second kappa shape index (κ2) is 7.20. The summed E-state index contributed by atoms with van der Waals surface area (Å²) in [4.78, 5) is 14.8. The van der Waals surface area contributed by atoms with Crippen LogP contribution in [-0.4, -0.2) is 72.9 Å². The normalized spacial score (nSPS) is 19.6. The molecule has 1 unspecified atom stereocenters. The van der Waals surface area contributed by atoms with Crippen LogP contribution in [0.3, 0.4) is 0 Å². The smallest absolute Gasteiger partial charge is 0.322 e. The Labute approximate surface area is 118 Å². The summed E-state index contributed by atoms with van der Waals surface area (Å²) in [6.07, 6.45) is 0.138. The Morgan fingerprint density at radius 3 is 2.70 bits per heavy atom. The molecule has 0 aromatic carbocycles. The van der Waals surface area contributed by atoms with Crippen molar-refractivity contribution >= 4 is 11.9 Å². The molecule has 0 aliphatic carbocycles. The quantitative estimate of drug-likeness (QED) is 0.757. The lowest BCUT2D eigenvalue weighted by Crippen LogP contribution is -2.43. The molecular weight excluding hydrogens is 260 g/mol. The lowest BCUT2D eigenvalue weighted by atomic mass is 10.3. The third kappa shape index (κ3) is 4.17. The molecule has 2 heterocycles. The molecule has 1 atom stereocenters. The van der Waals surface area contributed by atoms with Crippen LogP contribution in [0.15, 0.2) is 0 Å². The number of anilines is 2. The number of rotatable bonds is 6. The van der Waals surface area contributed by atoms with E-state index >= 15 is 0 Å². The van der Waals surface area contributed by atoms with Gasteiger partial charge in [-0.2, -0.15) is 15.0 Å².